The number of carbonyl (C=O) groups is 2. The van der Waals surface area contributed by atoms with Crippen LogP contribution in [-0.4, -0.2) is 11.9 Å². The minimum Gasteiger partial charge on any atom is -0.392 e. The number of benzene rings is 1. The SMILES string of the molecule is Nc1ccc[n+](OC(=O)c2ccccc2C(=O)O[n+]2cccc(N)c2N)c1N. The second kappa shape index (κ2) is 7.50. The number of carbonyl (C=O) groups excluding carboxylic acids is 2. The van der Waals surface area contributed by atoms with Gasteiger partial charge in [-0.15, -0.1) is 0 Å². The largest absolute Gasteiger partial charge is 0.392 e. The maximum Gasteiger partial charge on any atom is 0.389 e. The Morgan fingerprint density at radius 2 is 1.04 bits per heavy atom. The van der Waals surface area contributed by atoms with Gasteiger partial charge in [0, 0.05) is 0 Å². The number of nitrogens with zero attached hydrogens (tertiary/aromatic N) is 2. The topological polar surface area (TPSA) is 164 Å². The fourth-order valence-corrected chi connectivity index (χ4v) is 2.31. The Bertz CT molecular complexity index is 985. The average Bonchev–Trinajstić information content (AvgIpc) is 2.69. The first-order valence-electron chi connectivity index (χ1n) is 8.04. The first kappa shape index (κ1) is 18.5. The van der Waals surface area contributed by atoms with E-state index in [1.165, 1.54) is 24.5 Å². The molecule has 0 atom stereocenters. The molecule has 0 saturated carbocycles. The highest BCUT2D eigenvalue weighted by atomic mass is 16.7. The van der Waals surface area contributed by atoms with Crippen molar-refractivity contribution in [3.8, 4) is 0 Å². The first-order valence-corrected chi connectivity index (χ1v) is 8.04. The van der Waals surface area contributed by atoms with E-state index in [9.17, 15) is 9.59 Å². The Balaban J connectivity index is 1.88. The van der Waals surface area contributed by atoms with Crippen LogP contribution >= 0.6 is 0 Å². The second-order valence-electron chi connectivity index (χ2n) is 5.65. The zero-order valence-corrected chi connectivity index (χ0v) is 14.6. The normalized spacial score (nSPS) is 10.3. The van der Waals surface area contributed by atoms with Crippen LogP contribution in [0.5, 0.6) is 0 Å². The lowest BCUT2D eigenvalue weighted by molar-refractivity contribution is -0.856. The van der Waals surface area contributed by atoms with Crippen LogP contribution in [0.1, 0.15) is 20.7 Å². The van der Waals surface area contributed by atoms with Crippen LogP contribution in [0, 0.1) is 0 Å². The van der Waals surface area contributed by atoms with Gasteiger partial charge in [0.2, 0.25) is 0 Å². The molecular weight excluding hydrogens is 364 g/mol. The predicted octanol–water partition coefficient (Wildman–Crippen LogP) is -0.872. The van der Waals surface area contributed by atoms with Crippen LogP contribution in [0.3, 0.4) is 0 Å². The summed E-state index contributed by atoms with van der Waals surface area (Å²) in [6.07, 6.45) is 2.82. The quantitative estimate of drug-likeness (QED) is 0.423. The van der Waals surface area contributed by atoms with Crippen molar-refractivity contribution in [1.29, 1.82) is 0 Å². The summed E-state index contributed by atoms with van der Waals surface area (Å²) in [6.45, 7) is 0. The van der Waals surface area contributed by atoms with Gasteiger partial charge in [-0.1, -0.05) is 12.1 Å². The molecule has 0 unspecified atom stereocenters. The van der Waals surface area contributed by atoms with Crippen molar-refractivity contribution in [2.45, 2.75) is 0 Å². The summed E-state index contributed by atoms with van der Waals surface area (Å²) < 4.78 is 2.01. The van der Waals surface area contributed by atoms with Gasteiger partial charge >= 0.3 is 23.6 Å². The summed E-state index contributed by atoms with van der Waals surface area (Å²) in [6, 6.07) is 12.2. The zero-order valence-electron chi connectivity index (χ0n) is 14.6. The fraction of sp³-hybridized carbons (Fsp3) is 0. The molecule has 10 heteroatoms. The molecule has 0 aliphatic carbocycles. The Morgan fingerprint density at radius 3 is 1.43 bits per heavy atom. The smallest absolute Gasteiger partial charge is 0.389 e. The summed E-state index contributed by atoms with van der Waals surface area (Å²) in [5.41, 5.74) is 23.3. The number of anilines is 4. The van der Waals surface area contributed by atoms with E-state index in [1.54, 1.807) is 36.4 Å². The van der Waals surface area contributed by atoms with E-state index in [1.807, 2.05) is 0 Å². The number of aromatic nitrogens is 2. The summed E-state index contributed by atoms with van der Waals surface area (Å²) in [7, 11) is 0. The maximum absolute atomic E-state index is 12.6. The lowest BCUT2D eigenvalue weighted by Crippen LogP contribution is -2.49. The van der Waals surface area contributed by atoms with Gasteiger partial charge in [0.15, 0.2) is 0 Å². The molecule has 10 nitrogen and oxygen atoms in total. The van der Waals surface area contributed by atoms with Gasteiger partial charge in [-0.2, -0.15) is 0 Å². The number of hydrogen-bond acceptors (Lipinski definition) is 8. The number of nitrogens with two attached hydrogens (primary N) is 4. The lowest BCUT2D eigenvalue weighted by Gasteiger charge is -2.08. The molecule has 0 saturated heterocycles. The molecule has 2 heterocycles. The molecule has 3 aromatic rings. The van der Waals surface area contributed by atoms with Crippen molar-refractivity contribution < 1.29 is 28.7 Å². The van der Waals surface area contributed by atoms with E-state index in [2.05, 4.69) is 0 Å². The van der Waals surface area contributed by atoms with Gasteiger partial charge in [-0.05, 0) is 45.9 Å². The Hall–Kier alpha value is -4.34. The van der Waals surface area contributed by atoms with E-state index in [0.29, 0.717) is 0 Å². The minimum atomic E-state index is -0.833. The monoisotopic (exact) mass is 382 g/mol. The number of hydrogen-bond donors (Lipinski definition) is 4. The minimum absolute atomic E-state index is 0.0371. The fourth-order valence-electron chi connectivity index (χ4n) is 2.31. The molecule has 0 aliphatic heterocycles. The van der Waals surface area contributed by atoms with Crippen molar-refractivity contribution in [2.24, 2.45) is 0 Å². The Morgan fingerprint density at radius 1 is 0.643 bits per heavy atom. The predicted molar refractivity (Wildman–Crippen MR) is 99.2 cm³/mol. The molecule has 3 rings (SSSR count). The molecule has 28 heavy (non-hydrogen) atoms. The highest BCUT2D eigenvalue weighted by Crippen LogP contribution is 2.11. The van der Waals surface area contributed by atoms with E-state index in [4.69, 9.17) is 32.6 Å². The molecule has 0 fully saturated rings. The summed E-state index contributed by atoms with van der Waals surface area (Å²) in [5, 5.41) is 0. The van der Waals surface area contributed by atoms with Crippen LogP contribution < -0.4 is 42.1 Å². The number of nitrogen functional groups attached to an aromatic ring is 4. The van der Waals surface area contributed by atoms with Gasteiger partial charge in [0.25, 0.3) is 0 Å². The lowest BCUT2D eigenvalue weighted by atomic mass is 10.1. The highest BCUT2D eigenvalue weighted by molar-refractivity contribution is 6.03. The summed E-state index contributed by atoms with van der Waals surface area (Å²) >= 11 is 0. The van der Waals surface area contributed by atoms with E-state index < -0.39 is 11.9 Å². The van der Waals surface area contributed by atoms with E-state index in [0.717, 1.165) is 9.46 Å². The summed E-state index contributed by atoms with van der Waals surface area (Å²) in [4.78, 5) is 35.6. The van der Waals surface area contributed by atoms with E-state index >= 15 is 0 Å². The van der Waals surface area contributed by atoms with Crippen LogP contribution in [0.4, 0.5) is 23.0 Å². The van der Waals surface area contributed by atoms with Crippen LogP contribution in [0.25, 0.3) is 0 Å². The van der Waals surface area contributed by atoms with Gasteiger partial charge in [0.1, 0.15) is 23.8 Å². The van der Waals surface area contributed by atoms with Crippen LogP contribution in [0.15, 0.2) is 60.9 Å². The van der Waals surface area contributed by atoms with Crippen molar-refractivity contribution in [1.82, 2.24) is 0 Å². The zero-order chi connectivity index (χ0) is 20.3. The van der Waals surface area contributed by atoms with Gasteiger partial charge in [-0.3, -0.25) is 21.1 Å². The molecule has 1 aromatic carbocycles. The average molecular weight is 382 g/mol. The maximum atomic E-state index is 12.6. The third-order valence-corrected chi connectivity index (χ3v) is 3.79. The van der Waals surface area contributed by atoms with Gasteiger partial charge < -0.3 is 11.5 Å². The molecule has 142 valence electrons. The number of rotatable bonds is 4. The van der Waals surface area contributed by atoms with Gasteiger partial charge in [0.05, 0.1) is 11.1 Å². The number of pyridine rings is 2. The molecule has 0 spiro atoms. The van der Waals surface area contributed by atoms with Crippen LogP contribution in [0.2, 0.25) is 0 Å². The molecule has 8 N–H and O–H groups in total. The molecule has 0 amide bonds. The Kier molecular flexibility index (Phi) is 4.94. The third-order valence-electron chi connectivity index (χ3n) is 3.79. The molecule has 2 aromatic heterocycles. The van der Waals surface area contributed by atoms with E-state index in [-0.39, 0.29) is 34.1 Å². The van der Waals surface area contributed by atoms with Crippen molar-refractivity contribution in [2.75, 3.05) is 22.9 Å². The van der Waals surface area contributed by atoms with Crippen molar-refractivity contribution >= 4 is 34.9 Å². The second-order valence-corrected chi connectivity index (χ2v) is 5.65. The standard InChI is InChI=1S/C18H16N6O4/c19-13-7-3-9-23(15(13)21)27-17(25)11-5-1-2-6-12(11)18(26)28-24-10-4-8-14(20)16(24)22/h1-10,21-22H,19-20H2/p+2. The van der Waals surface area contributed by atoms with Crippen molar-refractivity contribution in [3.05, 3.63) is 72.1 Å². The molecular formula is C18H18N6O4+2. The highest BCUT2D eigenvalue weighted by Gasteiger charge is 2.25. The molecule has 0 aliphatic rings. The van der Waals surface area contributed by atoms with Gasteiger partial charge in [-0.25, -0.2) is 9.59 Å². The van der Waals surface area contributed by atoms with Crippen LogP contribution in [-0.2, 0) is 0 Å². The first-order chi connectivity index (χ1) is 13.4. The summed E-state index contributed by atoms with van der Waals surface area (Å²) in [5.74, 6) is -1.58. The third kappa shape index (κ3) is 3.60. The molecule has 0 bridgehead atoms. The van der Waals surface area contributed by atoms with Crippen molar-refractivity contribution in [3.63, 3.8) is 0 Å². The Labute approximate surface area is 159 Å². The molecule has 0 radical (unpaired) electrons.